The van der Waals surface area contributed by atoms with Crippen LogP contribution in [-0.2, 0) is 16.1 Å². The third-order valence-electron chi connectivity index (χ3n) is 5.74. The van der Waals surface area contributed by atoms with Crippen molar-refractivity contribution in [1.82, 2.24) is 10.2 Å². The fraction of sp³-hybridized carbons (Fsp3) is 0.214. The number of carbonyl (C=O) groups excluding carboxylic acids is 2. The molecule has 0 spiro atoms. The molecular weight excluding hydrogens is 444 g/mol. The zero-order valence-corrected chi connectivity index (χ0v) is 19.9. The Balaban J connectivity index is 0.000000347. The van der Waals surface area contributed by atoms with Gasteiger partial charge in [0.1, 0.15) is 17.5 Å². The highest BCUT2D eigenvalue weighted by Crippen LogP contribution is 2.33. The summed E-state index contributed by atoms with van der Waals surface area (Å²) in [6.45, 7) is 1.83. The lowest BCUT2D eigenvalue weighted by Crippen LogP contribution is -2.69. The van der Waals surface area contributed by atoms with Crippen LogP contribution < -0.4 is 19.5 Å². The van der Waals surface area contributed by atoms with E-state index in [1.165, 1.54) is 6.92 Å². The number of amides is 2. The van der Waals surface area contributed by atoms with Crippen molar-refractivity contribution in [2.24, 2.45) is 0 Å². The van der Waals surface area contributed by atoms with Crippen LogP contribution in [0.1, 0.15) is 18.1 Å². The number of methoxy groups -OCH3 is 2. The summed E-state index contributed by atoms with van der Waals surface area (Å²) >= 11 is 0. The average molecular weight is 473 g/mol. The molecule has 7 heteroatoms. The highest BCUT2D eigenvalue weighted by atomic mass is 16.5. The molecule has 3 aromatic carbocycles. The number of ether oxygens (including phenoxy) is 3. The number of rotatable bonds is 7. The van der Waals surface area contributed by atoms with Crippen LogP contribution in [0.25, 0.3) is 6.08 Å². The van der Waals surface area contributed by atoms with E-state index in [1.807, 2.05) is 84.9 Å². The van der Waals surface area contributed by atoms with Crippen LogP contribution in [0.3, 0.4) is 0 Å². The third-order valence-corrected chi connectivity index (χ3v) is 5.74. The van der Waals surface area contributed by atoms with E-state index in [9.17, 15) is 9.59 Å². The van der Waals surface area contributed by atoms with E-state index in [1.54, 1.807) is 19.1 Å². The van der Waals surface area contributed by atoms with Gasteiger partial charge in [0.2, 0.25) is 11.8 Å². The highest BCUT2D eigenvalue weighted by molar-refractivity contribution is 5.94. The number of carbonyl (C=O) groups is 2. The molecule has 0 saturated carbocycles. The number of fused-ring (bicyclic) bond motifs is 2. The molecule has 3 heterocycles. The quantitative estimate of drug-likeness (QED) is 0.403. The van der Waals surface area contributed by atoms with Crippen molar-refractivity contribution in [2.75, 3.05) is 14.2 Å². The smallest absolute Gasteiger partial charge is 0.248 e. The molecule has 3 aromatic rings. The van der Waals surface area contributed by atoms with E-state index in [4.69, 9.17) is 14.2 Å². The first-order valence-corrected chi connectivity index (χ1v) is 11.3. The first-order chi connectivity index (χ1) is 17.0. The van der Waals surface area contributed by atoms with Crippen LogP contribution in [0.2, 0.25) is 0 Å². The van der Waals surface area contributed by atoms with Gasteiger partial charge in [0, 0.05) is 19.5 Å². The van der Waals surface area contributed by atoms with Gasteiger partial charge in [-0.15, -0.1) is 0 Å². The second-order valence-corrected chi connectivity index (χ2v) is 8.17. The molecule has 3 aliphatic rings. The van der Waals surface area contributed by atoms with Crippen molar-refractivity contribution in [3.63, 3.8) is 0 Å². The second-order valence-electron chi connectivity index (χ2n) is 8.17. The Hall–Kier alpha value is -4.26. The number of β-lactam (4-membered cyclic amide) rings is 1. The predicted molar refractivity (Wildman–Crippen MR) is 133 cm³/mol. The van der Waals surface area contributed by atoms with Crippen molar-refractivity contribution in [3.8, 4) is 23.0 Å². The summed E-state index contributed by atoms with van der Waals surface area (Å²) < 4.78 is 15.6. The van der Waals surface area contributed by atoms with Crippen molar-refractivity contribution >= 4 is 17.9 Å². The number of nitrogens with one attached hydrogen (secondary N) is 1. The van der Waals surface area contributed by atoms with Gasteiger partial charge in [-0.2, -0.15) is 0 Å². The van der Waals surface area contributed by atoms with Gasteiger partial charge in [-0.3, -0.25) is 9.59 Å². The normalized spacial score (nSPS) is 17.3. The lowest BCUT2D eigenvalue weighted by Gasteiger charge is -2.46. The monoisotopic (exact) mass is 472 g/mol. The minimum Gasteiger partial charge on any atom is -0.493 e. The van der Waals surface area contributed by atoms with Gasteiger partial charge in [-0.05, 0) is 35.4 Å². The molecule has 3 aliphatic heterocycles. The van der Waals surface area contributed by atoms with Gasteiger partial charge in [-0.1, -0.05) is 54.6 Å². The maximum Gasteiger partial charge on any atom is 0.248 e. The Morgan fingerprint density at radius 2 is 1.66 bits per heavy atom. The SMILES string of the molecule is COc1ccc(CN2C(=O)C(NC(C)=O)C2C=Cc2ccccc2)cc1OC.c1cc2cc(c1)O2. The zero-order valence-electron chi connectivity index (χ0n) is 19.9. The number of hydrogen-bond acceptors (Lipinski definition) is 5. The molecule has 1 N–H and O–H groups in total. The summed E-state index contributed by atoms with van der Waals surface area (Å²) in [7, 11) is 3.16. The van der Waals surface area contributed by atoms with E-state index in [0.717, 1.165) is 22.6 Å². The van der Waals surface area contributed by atoms with E-state index >= 15 is 0 Å². The summed E-state index contributed by atoms with van der Waals surface area (Å²) in [5, 5.41) is 2.75. The summed E-state index contributed by atoms with van der Waals surface area (Å²) in [5.41, 5.74) is 1.96. The molecular formula is C28H28N2O5. The van der Waals surface area contributed by atoms with E-state index in [0.29, 0.717) is 18.0 Å². The summed E-state index contributed by atoms with van der Waals surface area (Å²) in [4.78, 5) is 25.9. The Morgan fingerprint density at radius 1 is 0.971 bits per heavy atom. The van der Waals surface area contributed by atoms with Crippen LogP contribution in [0, 0.1) is 0 Å². The molecule has 2 atom stereocenters. The first-order valence-electron chi connectivity index (χ1n) is 11.3. The Morgan fingerprint density at radius 3 is 2.20 bits per heavy atom. The van der Waals surface area contributed by atoms with E-state index in [-0.39, 0.29) is 17.9 Å². The van der Waals surface area contributed by atoms with Gasteiger partial charge in [0.25, 0.3) is 0 Å². The number of hydrogen-bond donors (Lipinski definition) is 1. The molecule has 2 bridgehead atoms. The second kappa shape index (κ2) is 10.8. The number of nitrogens with zero attached hydrogens (tertiary/aromatic N) is 1. The molecule has 180 valence electrons. The molecule has 2 amide bonds. The summed E-state index contributed by atoms with van der Waals surface area (Å²) in [5.74, 6) is 2.89. The average Bonchev–Trinajstić information content (AvgIpc) is 2.88. The van der Waals surface area contributed by atoms with Crippen LogP contribution in [0.5, 0.6) is 23.0 Å². The molecule has 1 fully saturated rings. The summed E-state index contributed by atoms with van der Waals surface area (Å²) in [6, 6.07) is 22.5. The first kappa shape index (κ1) is 23.9. The maximum absolute atomic E-state index is 12.6. The van der Waals surface area contributed by atoms with Gasteiger partial charge in [-0.25, -0.2) is 0 Å². The standard InChI is InChI=1S/C22H24N2O4.C6H4O/c1-15(25)23-21-18(11-9-16-7-5-4-6-8-16)24(22(21)26)14-17-10-12-19(27-2)20(13-17)28-3;1-2-5-4-6(3-1)7-5/h4-13,18,21H,14H2,1-3H3,(H,23,25);1-4H. The Labute approximate surface area is 204 Å². The van der Waals surface area contributed by atoms with Crippen LogP contribution in [0.15, 0.2) is 78.9 Å². The highest BCUT2D eigenvalue weighted by Gasteiger charge is 2.46. The van der Waals surface area contributed by atoms with Gasteiger partial charge in [0.15, 0.2) is 11.5 Å². The fourth-order valence-electron chi connectivity index (χ4n) is 3.96. The van der Waals surface area contributed by atoms with Crippen LogP contribution >= 0.6 is 0 Å². The molecule has 7 nitrogen and oxygen atoms in total. The van der Waals surface area contributed by atoms with Gasteiger partial charge in [0.05, 0.1) is 20.3 Å². The van der Waals surface area contributed by atoms with Crippen molar-refractivity contribution in [3.05, 3.63) is 90.0 Å². The van der Waals surface area contributed by atoms with Crippen molar-refractivity contribution < 1.29 is 23.8 Å². The predicted octanol–water partition coefficient (Wildman–Crippen LogP) is 4.43. The van der Waals surface area contributed by atoms with Crippen LogP contribution in [0.4, 0.5) is 0 Å². The zero-order chi connectivity index (χ0) is 24.8. The third kappa shape index (κ3) is 5.63. The molecule has 35 heavy (non-hydrogen) atoms. The lowest BCUT2D eigenvalue weighted by molar-refractivity contribution is -0.151. The molecule has 1 saturated heterocycles. The molecule has 2 unspecified atom stereocenters. The minimum atomic E-state index is -0.544. The van der Waals surface area contributed by atoms with Crippen molar-refractivity contribution in [1.29, 1.82) is 0 Å². The molecule has 6 rings (SSSR count). The topological polar surface area (TPSA) is 77.1 Å². The minimum absolute atomic E-state index is 0.104. The van der Waals surface area contributed by atoms with Gasteiger partial charge >= 0.3 is 0 Å². The molecule has 0 radical (unpaired) electrons. The summed E-state index contributed by atoms with van der Waals surface area (Å²) in [6.07, 6.45) is 3.92. The largest absolute Gasteiger partial charge is 0.493 e. The molecule has 0 aliphatic carbocycles. The number of benzene rings is 3. The van der Waals surface area contributed by atoms with E-state index in [2.05, 4.69) is 5.32 Å². The van der Waals surface area contributed by atoms with Gasteiger partial charge < -0.3 is 24.4 Å². The van der Waals surface area contributed by atoms with Crippen LogP contribution in [-0.4, -0.2) is 43.0 Å². The Kier molecular flexibility index (Phi) is 7.35. The fourth-order valence-corrected chi connectivity index (χ4v) is 3.96. The van der Waals surface area contributed by atoms with Crippen molar-refractivity contribution in [2.45, 2.75) is 25.6 Å². The Bertz CT molecular complexity index is 1200. The molecule has 0 aromatic heterocycles. The lowest BCUT2D eigenvalue weighted by atomic mass is 9.92. The maximum atomic E-state index is 12.6. The van der Waals surface area contributed by atoms with E-state index < -0.39 is 6.04 Å². The number of likely N-dealkylation sites (tertiary alicyclic amines) is 1.